The number of rotatable bonds is 5. The second-order valence-corrected chi connectivity index (χ2v) is 4.06. The molecule has 0 radical (unpaired) electrons. The van der Waals surface area contributed by atoms with Crippen LogP contribution in [0.3, 0.4) is 0 Å². The Bertz CT molecular complexity index is 626. The fraction of sp³-hybridized carbons (Fsp3) is 0.154. The molecule has 1 aromatic carbocycles. The highest BCUT2D eigenvalue weighted by Crippen LogP contribution is 2.09. The summed E-state index contributed by atoms with van der Waals surface area (Å²) in [7, 11) is 0. The molecule has 19 heavy (non-hydrogen) atoms. The molecule has 96 valence electrons. The molecule has 0 aliphatic carbocycles. The highest BCUT2D eigenvalue weighted by molar-refractivity contribution is 5.73. The minimum absolute atomic E-state index is 0.0611. The molecule has 0 saturated carbocycles. The van der Waals surface area contributed by atoms with Gasteiger partial charge in [0, 0.05) is 12.7 Å². The lowest BCUT2D eigenvalue weighted by Crippen LogP contribution is -2.18. The number of carbonyl (C=O) groups is 1. The van der Waals surface area contributed by atoms with Crippen LogP contribution in [0.5, 0.6) is 0 Å². The zero-order valence-corrected chi connectivity index (χ0v) is 10.2. The van der Waals surface area contributed by atoms with Crippen molar-refractivity contribution in [3.8, 4) is 6.07 Å². The summed E-state index contributed by atoms with van der Waals surface area (Å²) in [6.45, 7) is 0.642. The number of nitrogens with one attached hydrogen (secondary N) is 1. The van der Waals surface area contributed by atoms with Gasteiger partial charge in [-0.2, -0.15) is 10.4 Å². The molecular weight excluding hydrogens is 242 g/mol. The second-order valence-electron chi connectivity index (χ2n) is 4.06. The molecule has 6 heteroatoms. The van der Waals surface area contributed by atoms with Crippen molar-refractivity contribution < 1.29 is 4.79 Å². The van der Waals surface area contributed by atoms with Gasteiger partial charge in [-0.3, -0.25) is 9.48 Å². The van der Waals surface area contributed by atoms with Crippen molar-refractivity contribution >= 4 is 11.6 Å². The van der Waals surface area contributed by atoms with Crippen LogP contribution < -0.4 is 11.1 Å². The van der Waals surface area contributed by atoms with Gasteiger partial charge in [-0.25, -0.2) is 0 Å². The summed E-state index contributed by atoms with van der Waals surface area (Å²) >= 11 is 0. The van der Waals surface area contributed by atoms with Gasteiger partial charge in [-0.15, -0.1) is 0 Å². The molecule has 1 amide bonds. The predicted octanol–water partition coefficient (Wildman–Crippen LogP) is 0.852. The molecular formula is C13H13N5O. The average molecular weight is 255 g/mol. The molecule has 0 atom stereocenters. The van der Waals surface area contributed by atoms with Crippen LogP contribution in [-0.2, 0) is 17.9 Å². The van der Waals surface area contributed by atoms with E-state index in [9.17, 15) is 4.79 Å². The summed E-state index contributed by atoms with van der Waals surface area (Å²) in [5, 5.41) is 16.0. The lowest BCUT2D eigenvalue weighted by atomic mass is 10.1. The van der Waals surface area contributed by atoms with Crippen molar-refractivity contribution in [1.82, 2.24) is 9.78 Å². The first kappa shape index (κ1) is 12.6. The first-order valence-corrected chi connectivity index (χ1v) is 5.71. The highest BCUT2D eigenvalue weighted by Gasteiger charge is 2.01. The fourth-order valence-electron chi connectivity index (χ4n) is 1.66. The topological polar surface area (TPSA) is 96.7 Å². The van der Waals surface area contributed by atoms with Gasteiger partial charge in [0.2, 0.25) is 5.91 Å². The minimum atomic E-state index is -0.434. The summed E-state index contributed by atoms with van der Waals surface area (Å²) in [5.74, 6) is -0.434. The maximum absolute atomic E-state index is 10.7. The van der Waals surface area contributed by atoms with Crippen molar-refractivity contribution in [1.29, 1.82) is 5.26 Å². The Hall–Kier alpha value is -2.81. The largest absolute Gasteiger partial charge is 0.378 e. The summed E-state index contributed by atoms with van der Waals surface area (Å²) in [5.41, 5.74) is 7.50. The van der Waals surface area contributed by atoms with E-state index in [-0.39, 0.29) is 6.54 Å². The molecule has 0 fully saturated rings. The van der Waals surface area contributed by atoms with Gasteiger partial charge < -0.3 is 11.1 Å². The number of benzene rings is 1. The molecule has 2 aromatic rings. The normalized spacial score (nSPS) is 9.84. The van der Waals surface area contributed by atoms with Gasteiger partial charge in [0.15, 0.2) is 0 Å². The van der Waals surface area contributed by atoms with Crippen LogP contribution in [0.2, 0.25) is 0 Å². The predicted molar refractivity (Wildman–Crippen MR) is 69.9 cm³/mol. The Morgan fingerprint density at radius 2 is 2.37 bits per heavy atom. The summed E-state index contributed by atoms with van der Waals surface area (Å²) in [6, 6.07) is 9.45. The average Bonchev–Trinajstić information content (AvgIpc) is 2.83. The minimum Gasteiger partial charge on any atom is -0.378 e. The third-order valence-corrected chi connectivity index (χ3v) is 2.50. The van der Waals surface area contributed by atoms with E-state index < -0.39 is 5.91 Å². The van der Waals surface area contributed by atoms with Crippen LogP contribution >= 0.6 is 0 Å². The monoisotopic (exact) mass is 255 g/mol. The molecule has 0 bridgehead atoms. The molecule has 1 heterocycles. The molecule has 3 N–H and O–H groups in total. The van der Waals surface area contributed by atoms with Gasteiger partial charge in [-0.05, 0) is 17.7 Å². The Morgan fingerprint density at radius 1 is 1.53 bits per heavy atom. The van der Waals surface area contributed by atoms with Crippen LogP contribution in [-0.4, -0.2) is 15.7 Å². The SMILES string of the molecule is N#Cc1cccc(CNc2cnn(CC(N)=O)c2)c1. The Morgan fingerprint density at radius 3 is 3.11 bits per heavy atom. The number of anilines is 1. The standard InChI is InChI=1S/C13H13N5O/c14-5-10-2-1-3-11(4-10)6-16-12-7-17-18(8-12)9-13(15)19/h1-4,7-8,16H,6,9H2,(H2,15,19). The number of amides is 1. The number of nitrogens with two attached hydrogens (primary N) is 1. The maximum Gasteiger partial charge on any atom is 0.239 e. The van der Waals surface area contributed by atoms with Gasteiger partial charge in [-0.1, -0.05) is 12.1 Å². The third-order valence-electron chi connectivity index (χ3n) is 2.50. The Labute approximate surface area is 110 Å². The first-order valence-electron chi connectivity index (χ1n) is 5.71. The van der Waals surface area contributed by atoms with Gasteiger partial charge in [0.05, 0.1) is 23.5 Å². The Balaban J connectivity index is 1.96. The van der Waals surface area contributed by atoms with Gasteiger partial charge in [0.1, 0.15) is 6.54 Å². The second kappa shape index (κ2) is 5.69. The van der Waals surface area contributed by atoms with Crippen molar-refractivity contribution in [2.45, 2.75) is 13.1 Å². The molecule has 0 aliphatic rings. The first-order chi connectivity index (χ1) is 9.17. The van der Waals surface area contributed by atoms with E-state index in [0.717, 1.165) is 11.3 Å². The van der Waals surface area contributed by atoms with Crippen molar-refractivity contribution in [2.75, 3.05) is 5.32 Å². The van der Waals surface area contributed by atoms with Gasteiger partial charge >= 0.3 is 0 Å². The number of hydrogen-bond donors (Lipinski definition) is 2. The molecule has 0 saturated heterocycles. The number of primary amides is 1. The summed E-state index contributed by atoms with van der Waals surface area (Å²) in [6.07, 6.45) is 3.33. The summed E-state index contributed by atoms with van der Waals surface area (Å²) < 4.78 is 1.47. The fourth-order valence-corrected chi connectivity index (χ4v) is 1.66. The summed E-state index contributed by atoms with van der Waals surface area (Å²) in [4.78, 5) is 10.7. The third kappa shape index (κ3) is 3.57. The Kier molecular flexibility index (Phi) is 3.78. The van der Waals surface area contributed by atoms with Crippen molar-refractivity contribution in [3.63, 3.8) is 0 Å². The van der Waals surface area contributed by atoms with Crippen LogP contribution in [0.1, 0.15) is 11.1 Å². The molecule has 0 spiro atoms. The lowest BCUT2D eigenvalue weighted by molar-refractivity contribution is -0.118. The quantitative estimate of drug-likeness (QED) is 0.827. The van der Waals surface area contributed by atoms with Crippen LogP contribution in [0, 0.1) is 11.3 Å². The van der Waals surface area contributed by atoms with E-state index in [1.165, 1.54) is 4.68 Å². The van der Waals surface area contributed by atoms with E-state index in [1.807, 2.05) is 18.2 Å². The molecule has 0 aliphatic heterocycles. The van der Waals surface area contributed by atoms with E-state index >= 15 is 0 Å². The zero-order valence-electron chi connectivity index (χ0n) is 10.2. The van der Waals surface area contributed by atoms with E-state index in [2.05, 4.69) is 16.5 Å². The highest BCUT2D eigenvalue weighted by atomic mass is 16.1. The number of nitriles is 1. The zero-order chi connectivity index (χ0) is 13.7. The number of carbonyl (C=O) groups excluding carboxylic acids is 1. The van der Waals surface area contributed by atoms with E-state index in [1.54, 1.807) is 18.5 Å². The number of aromatic nitrogens is 2. The molecule has 0 unspecified atom stereocenters. The van der Waals surface area contributed by atoms with Crippen LogP contribution in [0.15, 0.2) is 36.7 Å². The number of hydrogen-bond acceptors (Lipinski definition) is 4. The maximum atomic E-state index is 10.7. The van der Waals surface area contributed by atoms with Crippen molar-refractivity contribution in [3.05, 3.63) is 47.8 Å². The molecule has 2 rings (SSSR count). The molecule has 6 nitrogen and oxygen atoms in total. The molecule has 1 aromatic heterocycles. The number of nitrogens with zero attached hydrogens (tertiary/aromatic N) is 3. The van der Waals surface area contributed by atoms with Crippen molar-refractivity contribution in [2.24, 2.45) is 5.73 Å². The van der Waals surface area contributed by atoms with E-state index in [4.69, 9.17) is 11.0 Å². The lowest BCUT2D eigenvalue weighted by Gasteiger charge is -2.03. The van der Waals surface area contributed by atoms with Gasteiger partial charge in [0.25, 0.3) is 0 Å². The van der Waals surface area contributed by atoms with E-state index in [0.29, 0.717) is 12.1 Å². The van der Waals surface area contributed by atoms with Crippen LogP contribution in [0.25, 0.3) is 0 Å². The smallest absolute Gasteiger partial charge is 0.239 e. The van der Waals surface area contributed by atoms with Crippen LogP contribution in [0.4, 0.5) is 5.69 Å².